The second-order valence-electron chi connectivity index (χ2n) is 13.2. The molecule has 1 heterocycles. The number of benzene rings is 7. The van der Waals surface area contributed by atoms with Gasteiger partial charge >= 0.3 is 0 Å². The highest BCUT2D eigenvalue weighted by Crippen LogP contribution is 2.45. The van der Waals surface area contributed by atoms with Gasteiger partial charge in [0.2, 0.25) is 0 Å². The number of aliphatic imine (C=N–C) groups is 1. The average molecular weight is 639 g/mol. The Bertz CT molecular complexity index is 2390. The van der Waals surface area contributed by atoms with Crippen LogP contribution in [0.1, 0.15) is 31.9 Å². The molecule has 0 spiro atoms. The molecule has 0 aliphatic rings. The van der Waals surface area contributed by atoms with Crippen LogP contribution in [0.3, 0.4) is 0 Å². The first-order chi connectivity index (χ1) is 23.3. The largest absolute Gasteiger partial charge is 0.507 e. The zero-order valence-corrected chi connectivity index (χ0v) is 27.9. The molecular weight excluding hydrogens is 605 g/mol. The van der Waals surface area contributed by atoms with Crippen LogP contribution in [-0.4, -0.2) is 16.3 Å². The van der Waals surface area contributed by atoms with E-state index in [4.69, 9.17) is 9.98 Å². The van der Waals surface area contributed by atoms with Gasteiger partial charge in [0.15, 0.2) is 0 Å². The summed E-state index contributed by atoms with van der Waals surface area (Å²) < 4.78 is 1.14. The van der Waals surface area contributed by atoms with E-state index in [1.165, 1.54) is 38.2 Å². The molecule has 0 aliphatic heterocycles. The fraction of sp³-hybridized carbons (Fsp3) is 0.0909. The lowest BCUT2D eigenvalue weighted by Crippen LogP contribution is -2.11. The maximum atomic E-state index is 10.7. The van der Waals surface area contributed by atoms with Crippen molar-refractivity contribution >= 4 is 55.0 Å². The molecule has 48 heavy (non-hydrogen) atoms. The van der Waals surface area contributed by atoms with E-state index in [0.717, 1.165) is 37.6 Å². The highest BCUT2D eigenvalue weighted by atomic mass is 32.1. The highest BCUT2D eigenvalue weighted by Gasteiger charge is 2.20. The summed E-state index contributed by atoms with van der Waals surface area (Å²) in [5, 5.41) is 16.4. The van der Waals surface area contributed by atoms with Crippen LogP contribution in [0, 0.1) is 0 Å². The Morgan fingerprint density at radius 2 is 1.19 bits per heavy atom. The number of phenols is 1. The first-order valence-electron chi connectivity index (χ1n) is 16.2. The molecule has 0 radical (unpaired) electrons. The van der Waals surface area contributed by atoms with Crippen LogP contribution in [0.15, 0.2) is 145 Å². The first kappa shape index (κ1) is 29.8. The molecule has 7 aromatic carbocycles. The van der Waals surface area contributed by atoms with Crippen molar-refractivity contribution in [2.24, 2.45) is 4.99 Å². The molecule has 0 aliphatic carbocycles. The van der Waals surface area contributed by atoms with Crippen molar-refractivity contribution in [1.29, 1.82) is 0 Å². The molecule has 8 rings (SSSR count). The van der Waals surface area contributed by atoms with Crippen LogP contribution in [0.2, 0.25) is 0 Å². The SMILES string of the molecule is CC(C)(C)c1ccc(O)c(C=Nc2ccccc2-c2nc3c(-c4cccc5ccccc45)ccc(-c4cccc5ccccc45)c3s2)c1. The molecule has 8 aromatic rings. The number of para-hydroxylation sites is 1. The Morgan fingerprint density at radius 1 is 0.604 bits per heavy atom. The Labute approximate surface area is 284 Å². The third-order valence-electron chi connectivity index (χ3n) is 9.07. The van der Waals surface area contributed by atoms with Crippen LogP contribution in [-0.2, 0) is 5.41 Å². The lowest BCUT2D eigenvalue weighted by molar-refractivity contribution is 0.473. The predicted octanol–water partition coefficient (Wildman–Crippen LogP) is 12.4. The van der Waals surface area contributed by atoms with Gasteiger partial charge in [0, 0.05) is 28.5 Å². The smallest absolute Gasteiger partial charge is 0.126 e. The number of aromatic hydroxyl groups is 1. The minimum atomic E-state index is -0.0429. The standard InChI is InChI=1S/C44H34N2OS/c1-44(2,3)31-22-25-40(47)30(26-31)27-45-39-21-9-8-18-38(39)43-46-41-36(34-19-10-14-28-12-4-6-16-32(28)34)23-24-37(42(41)48-43)35-20-11-15-29-13-5-7-17-33(29)35/h4-27,47H,1-3H3. The van der Waals surface area contributed by atoms with E-state index in [2.05, 4.69) is 124 Å². The van der Waals surface area contributed by atoms with Crippen molar-refractivity contribution in [2.75, 3.05) is 0 Å². The number of aromatic nitrogens is 1. The molecule has 0 saturated carbocycles. The van der Waals surface area contributed by atoms with Gasteiger partial charge in [-0.05, 0) is 67.9 Å². The van der Waals surface area contributed by atoms with Gasteiger partial charge in [-0.2, -0.15) is 0 Å². The van der Waals surface area contributed by atoms with E-state index in [1.54, 1.807) is 23.6 Å². The zero-order valence-electron chi connectivity index (χ0n) is 27.1. The maximum Gasteiger partial charge on any atom is 0.126 e. The summed E-state index contributed by atoms with van der Waals surface area (Å²) in [6.45, 7) is 6.51. The Balaban J connectivity index is 1.34. The van der Waals surface area contributed by atoms with Crippen molar-refractivity contribution in [3.05, 3.63) is 151 Å². The average Bonchev–Trinajstić information content (AvgIpc) is 3.56. The van der Waals surface area contributed by atoms with Crippen molar-refractivity contribution in [2.45, 2.75) is 26.2 Å². The van der Waals surface area contributed by atoms with Gasteiger partial charge in [0.05, 0.1) is 15.9 Å². The number of nitrogens with zero attached hydrogens (tertiary/aromatic N) is 2. The van der Waals surface area contributed by atoms with E-state index in [1.807, 2.05) is 30.3 Å². The van der Waals surface area contributed by atoms with Gasteiger partial charge < -0.3 is 5.11 Å². The number of fused-ring (bicyclic) bond motifs is 3. The summed E-state index contributed by atoms with van der Waals surface area (Å²) in [5.41, 5.74) is 9.16. The molecule has 0 unspecified atom stereocenters. The van der Waals surface area contributed by atoms with Crippen LogP contribution in [0.4, 0.5) is 5.69 Å². The van der Waals surface area contributed by atoms with Crippen LogP contribution in [0.25, 0.3) is 64.6 Å². The molecule has 1 aromatic heterocycles. The van der Waals surface area contributed by atoms with E-state index in [0.29, 0.717) is 5.56 Å². The normalized spacial score (nSPS) is 12.1. The number of hydrogen-bond donors (Lipinski definition) is 1. The second kappa shape index (κ2) is 11.9. The third kappa shape index (κ3) is 5.34. The first-order valence-corrected chi connectivity index (χ1v) is 17.0. The topological polar surface area (TPSA) is 45.5 Å². The molecule has 4 heteroatoms. The Morgan fingerprint density at radius 3 is 1.90 bits per heavy atom. The van der Waals surface area contributed by atoms with Crippen molar-refractivity contribution < 1.29 is 5.11 Å². The van der Waals surface area contributed by atoms with E-state index in [-0.39, 0.29) is 11.2 Å². The van der Waals surface area contributed by atoms with Gasteiger partial charge in [0.25, 0.3) is 0 Å². The molecule has 0 saturated heterocycles. The van der Waals surface area contributed by atoms with E-state index < -0.39 is 0 Å². The number of rotatable bonds is 5. The summed E-state index contributed by atoms with van der Waals surface area (Å²) in [7, 11) is 0. The van der Waals surface area contributed by atoms with Crippen LogP contribution < -0.4 is 0 Å². The number of thiazole rings is 1. The second-order valence-corrected chi connectivity index (χ2v) is 14.2. The van der Waals surface area contributed by atoms with Crippen molar-refractivity contribution in [1.82, 2.24) is 4.98 Å². The lowest BCUT2D eigenvalue weighted by Gasteiger charge is -2.19. The quantitative estimate of drug-likeness (QED) is 0.191. The minimum Gasteiger partial charge on any atom is -0.507 e. The van der Waals surface area contributed by atoms with Gasteiger partial charge in [-0.1, -0.05) is 136 Å². The fourth-order valence-electron chi connectivity index (χ4n) is 6.50. The van der Waals surface area contributed by atoms with Gasteiger partial charge in [-0.15, -0.1) is 11.3 Å². The van der Waals surface area contributed by atoms with Crippen LogP contribution >= 0.6 is 11.3 Å². The van der Waals surface area contributed by atoms with Gasteiger partial charge in [0.1, 0.15) is 10.8 Å². The van der Waals surface area contributed by atoms with Crippen LogP contribution in [0.5, 0.6) is 5.75 Å². The monoisotopic (exact) mass is 638 g/mol. The molecule has 0 atom stereocenters. The summed E-state index contributed by atoms with van der Waals surface area (Å²) in [5.74, 6) is 0.212. The summed E-state index contributed by atoms with van der Waals surface area (Å²) in [6.07, 6.45) is 1.76. The highest BCUT2D eigenvalue weighted by molar-refractivity contribution is 7.22. The van der Waals surface area contributed by atoms with E-state index in [9.17, 15) is 5.11 Å². The zero-order chi connectivity index (χ0) is 32.8. The molecular formula is C44H34N2OS. The maximum absolute atomic E-state index is 10.7. The number of phenolic OH excluding ortho intramolecular Hbond substituents is 1. The molecule has 3 nitrogen and oxygen atoms in total. The fourth-order valence-corrected chi connectivity index (χ4v) is 7.66. The van der Waals surface area contributed by atoms with E-state index >= 15 is 0 Å². The molecule has 0 fully saturated rings. The number of hydrogen-bond acceptors (Lipinski definition) is 4. The lowest BCUT2D eigenvalue weighted by atomic mass is 9.86. The van der Waals surface area contributed by atoms with Crippen molar-refractivity contribution in [3.63, 3.8) is 0 Å². The summed E-state index contributed by atoms with van der Waals surface area (Å²) in [6, 6.07) is 48.5. The minimum absolute atomic E-state index is 0.0429. The molecule has 0 amide bonds. The molecule has 232 valence electrons. The summed E-state index contributed by atoms with van der Waals surface area (Å²) >= 11 is 1.71. The Kier molecular flexibility index (Phi) is 7.39. The third-order valence-corrected chi connectivity index (χ3v) is 10.2. The molecule has 0 bridgehead atoms. The Hall–Kier alpha value is -5.58. The molecule has 1 N–H and O–H groups in total. The summed E-state index contributed by atoms with van der Waals surface area (Å²) in [4.78, 5) is 10.3. The predicted molar refractivity (Wildman–Crippen MR) is 205 cm³/mol. The van der Waals surface area contributed by atoms with Gasteiger partial charge in [-0.3, -0.25) is 4.99 Å². The van der Waals surface area contributed by atoms with Gasteiger partial charge in [-0.25, -0.2) is 4.98 Å². The van der Waals surface area contributed by atoms with Crippen molar-refractivity contribution in [3.8, 4) is 38.6 Å².